The molecule has 1 N–H and O–H groups in total. The summed E-state index contributed by atoms with van der Waals surface area (Å²) >= 11 is 1.09. The Morgan fingerprint density at radius 1 is 1.00 bits per heavy atom. The predicted octanol–water partition coefficient (Wildman–Crippen LogP) is 1.34. The topological polar surface area (TPSA) is 160 Å². The van der Waals surface area contributed by atoms with E-state index in [1.807, 2.05) is 0 Å². The molecule has 0 aliphatic carbocycles. The molecule has 180 valence electrons. The number of hydrogen-bond acceptors (Lipinski definition) is 11. The largest absolute Gasteiger partial charge is 0.463 e. The summed E-state index contributed by atoms with van der Waals surface area (Å²) in [7, 11) is 0. The van der Waals surface area contributed by atoms with Gasteiger partial charge in [-0.25, -0.2) is 0 Å². The maximum atomic E-state index is 11.9. The van der Waals surface area contributed by atoms with Crippen molar-refractivity contribution in [3.8, 4) is 0 Å². The molecule has 0 aromatic heterocycles. The van der Waals surface area contributed by atoms with E-state index in [1.165, 1.54) is 38.1 Å². The lowest BCUT2D eigenvalue weighted by molar-refractivity contribution is -0.384. The molecule has 1 heterocycles. The van der Waals surface area contributed by atoms with Crippen molar-refractivity contribution >= 4 is 41.3 Å². The highest BCUT2D eigenvalue weighted by Crippen LogP contribution is 2.36. The van der Waals surface area contributed by atoms with Crippen molar-refractivity contribution in [2.45, 2.75) is 62.4 Å². The number of hydrogen-bond donors (Lipinski definition) is 1. The zero-order valence-electron chi connectivity index (χ0n) is 18.3. The van der Waals surface area contributed by atoms with E-state index in [9.17, 15) is 29.3 Å². The minimum Gasteiger partial charge on any atom is -0.463 e. The molecular weight excluding hydrogens is 460 g/mol. The highest BCUT2D eigenvalue weighted by molar-refractivity contribution is 7.99. The molecule has 5 atom stereocenters. The molecule has 1 fully saturated rings. The average Bonchev–Trinajstić information content (AvgIpc) is 2.70. The molecule has 33 heavy (non-hydrogen) atoms. The number of non-ortho nitro benzene ring substituents is 1. The van der Waals surface area contributed by atoms with Crippen LogP contribution in [0.15, 0.2) is 29.2 Å². The second-order valence-electron chi connectivity index (χ2n) is 7.09. The Morgan fingerprint density at radius 2 is 1.58 bits per heavy atom. The molecule has 1 amide bonds. The molecule has 12 nitrogen and oxygen atoms in total. The number of rotatable bonds is 8. The summed E-state index contributed by atoms with van der Waals surface area (Å²) in [6.45, 7) is 4.44. The second kappa shape index (κ2) is 11.6. The van der Waals surface area contributed by atoms with Gasteiger partial charge in [-0.2, -0.15) is 0 Å². The van der Waals surface area contributed by atoms with Crippen LogP contribution in [0.2, 0.25) is 0 Å². The third-order valence-electron chi connectivity index (χ3n) is 4.37. The zero-order chi connectivity index (χ0) is 24.7. The molecule has 13 heteroatoms. The molecule has 2 rings (SSSR count). The average molecular weight is 484 g/mol. The molecule has 1 aromatic rings. The fourth-order valence-corrected chi connectivity index (χ4v) is 4.30. The van der Waals surface area contributed by atoms with Crippen molar-refractivity contribution in [2.24, 2.45) is 0 Å². The maximum absolute atomic E-state index is 11.9. The Balaban J connectivity index is 2.43. The van der Waals surface area contributed by atoms with Crippen molar-refractivity contribution in [1.82, 2.24) is 5.32 Å². The van der Waals surface area contributed by atoms with Gasteiger partial charge < -0.3 is 24.3 Å². The standard InChI is InChI=1S/C20H24N2O10S/c1-10(23)21-17-19(31-13(4)26)18(30-12(3)25)16(9-29-11(2)24)32-20(17)33-15-7-5-14(6-8-15)22(27)28/h5-8,16-20H,9H2,1-4H3,(H,21,23)/t16-,17-,18+,19-,20-/m1/s1. The normalized spacial score (nSPS) is 24.3. The number of nitrogens with one attached hydrogen (secondary N) is 1. The summed E-state index contributed by atoms with van der Waals surface area (Å²) in [5, 5.41) is 13.6. The number of amides is 1. The molecule has 0 radical (unpaired) electrons. The quantitative estimate of drug-likeness (QED) is 0.245. The number of nitro benzene ring substituents is 1. The number of nitro groups is 1. The van der Waals surface area contributed by atoms with Crippen LogP contribution in [0.25, 0.3) is 0 Å². The molecule has 1 aliphatic heterocycles. The SMILES string of the molecule is CC(=O)N[C@@H]1[C@@H](OC(C)=O)[C@@H](OC(C)=O)[C@@H](COC(C)=O)O[C@@H]1Sc1ccc([N+](=O)[O-])cc1. The minimum absolute atomic E-state index is 0.109. The van der Waals surface area contributed by atoms with Crippen LogP contribution in [0.5, 0.6) is 0 Å². The van der Waals surface area contributed by atoms with Crippen LogP contribution in [0.1, 0.15) is 27.7 Å². The first kappa shape index (κ1) is 26.1. The van der Waals surface area contributed by atoms with Gasteiger partial charge in [0.25, 0.3) is 5.69 Å². The molecule has 1 saturated heterocycles. The number of thioether (sulfide) groups is 1. The van der Waals surface area contributed by atoms with Crippen molar-refractivity contribution in [3.05, 3.63) is 34.4 Å². The highest BCUT2D eigenvalue weighted by Gasteiger charge is 2.51. The molecule has 0 saturated carbocycles. The smallest absolute Gasteiger partial charge is 0.303 e. The van der Waals surface area contributed by atoms with Gasteiger partial charge in [-0.3, -0.25) is 29.3 Å². The Labute approximate surface area is 193 Å². The lowest BCUT2D eigenvalue weighted by atomic mass is 9.97. The third kappa shape index (κ3) is 7.71. The minimum atomic E-state index is -1.18. The first-order valence-electron chi connectivity index (χ1n) is 9.79. The van der Waals surface area contributed by atoms with E-state index in [0.717, 1.165) is 25.6 Å². The number of esters is 3. The monoisotopic (exact) mass is 484 g/mol. The molecule has 0 unspecified atom stereocenters. The van der Waals surface area contributed by atoms with Gasteiger partial charge in [0.1, 0.15) is 24.2 Å². The summed E-state index contributed by atoms with van der Waals surface area (Å²) in [6, 6.07) is 4.64. The number of nitrogens with zero attached hydrogens (tertiary/aromatic N) is 1. The Morgan fingerprint density at radius 3 is 2.06 bits per heavy atom. The third-order valence-corrected chi connectivity index (χ3v) is 5.55. The molecular formula is C20H24N2O10S. The van der Waals surface area contributed by atoms with Gasteiger partial charge in [-0.1, -0.05) is 11.8 Å². The number of carbonyl (C=O) groups is 4. The molecule has 0 bridgehead atoms. The van der Waals surface area contributed by atoms with Gasteiger partial charge in [0, 0.05) is 44.7 Å². The van der Waals surface area contributed by atoms with Gasteiger partial charge in [-0.15, -0.1) is 0 Å². The summed E-state index contributed by atoms with van der Waals surface area (Å²) < 4.78 is 21.8. The number of ether oxygens (including phenoxy) is 4. The van der Waals surface area contributed by atoms with Crippen LogP contribution in [0.3, 0.4) is 0 Å². The van der Waals surface area contributed by atoms with Crippen molar-refractivity contribution in [1.29, 1.82) is 0 Å². The van der Waals surface area contributed by atoms with Gasteiger partial charge >= 0.3 is 17.9 Å². The van der Waals surface area contributed by atoms with E-state index in [-0.39, 0.29) is 12.3 Å². The lowest BCUT2D eigenvalue weighted by Crippen LogP contribution is -2.65. The predicted molar refractivity (Wildman–Crippen MR) is 113 cm³/mol. The van der Waals surface area contributed by atoms with E-state index in [0.29, 0.717) is 4.90 Å². The van der Waals surface area contributed by atoms with Gasteiger partial charge in [-0.05, 0) is 12.1 Å². The Bertz CT molecular complexity index is 907. The van der Waals surface area contributed by atoms with Gasteiger partial charge in [0.2, 0.25) is 5.91 Å². The van der Waals surface area contributed by atoms with Gasteiger partial charge in [0.05, 0.1) is 4.92 Å². The van der Waals surface area contributed by atoms with Crippen LogP contribution in [-0.4, -0.2) is 65.1 Å². The van der Waals surface area contributed by atoms with Crippen molar-refractivity contribution in [2.75, 3.05) is 6.61 Å². The number of carbonyl (C=O) groups excluding carboxylic acids is 4. The van der Waals surface area contributed by atoms with Crippen molar-refractivity contribution < 1.29 is 43.0 Å². The highest BCUT2D eigenvalue weighted by atomic mass is 32.2. The van der Waals surface area contributed by atoms with E-state index in [2.05, 4.69) is 5.32 Å². The Hall–Kier alpha value is -3.19. The number of benzene rings is 1. The van der Waals surface area contributed by atoms with Crippen LogP contribution < -0.4 is 5.32 Å². The second-order valence-corrected chi connectivity index (χ2v) is 8.26. The zero-order valence-corrected chi connectivity index (χ0v) is 19.2. The van der Waals surface area contributed by atoms with E-state index >= 15 is 0 Å². The van der Waals surface area contributed by atoms with E-state index in [4.69, 9.17) is 18.9 Å². The molecule has 1 aliphatic rings. The molecule has 0 spiro atoms. The van der Waals surface area contributed by atoms with Crippen LogP contribution in [0, 0.1) is 10.1 Å². The fraction of sp³-hybridized carbons (Fsp3) is 0.500. The Kier molecular flexibility index (Phi) is 9.17. The first-order chi connectivity index (χ1) is 15.5. The lowest BCUT2D eigenvalue weighted by Gasteiger charge is -2.45. The van der Waals surface area contributed by atoms with Gasteiger partial charge in [0.15, 0.2) is 12.2 Å². The summed E-state index contributed by atoms with van der Waals surface area (Å²) in [5.74, 6) is -2.46. The van der Waals surface area contributed by atoms with Crippen LogP contribution >= 0.6 is 11.8 Å². The summed E-state index contributed by atoms with van der Waals surface area (Å²) in [5.41, 5.74) is -1.00. The van der Waals surface area contributed by atoms with E-state index in [1.54, 1.807) is 0 Å². The first-order valence-corrected chi connectivity index (χ1v) is 10.7. The van der Waals surface area contributed by atoms with Crippen LogP contribution in [0.4, 0.5) is 5.69 Å². The van der Waals surface area contributed by atoms with Crippen molar-refractivity contribution in [3.63, 3.8) is 0 Å². The molecule has 1 aromatic carbocycles. The van der Waals surface area contributed by atoms with E-state index < -0.39 is 58.5 Å². The van der Waals surface area contributed by atoms with Crippen LogP contribution in [-0.2, 0) is 38.1 Å². The summed E-state index contributed by atoms with van der Waals surface area (Å²) in [6.07, 6.45) is -3.38. The summed E-state index contributed by atoms with van der Waals surface area (Å²) in [4.78, 5) is 57.8. The fourth-order valence-electron chi connectivity index (χ4n) is 3.17. The maximum Gasteiger partial charge on any atom is 0.303 e.